The van der Waals surface area contributed by atoms with Gasteiger partial charge in [0.25, 0.3) is 5.91 Å². The van der Waals surface area contributed by atoms with Crippen molar-refractivity contribution < 1.29 is 28.2 Å². The number of halogens is 1. The highest BCUT2D eigenvalue weighted by molar-refractivity contribution is 6.09. The molecule has 3 aromatic rings. The topological polar surface area (TPSA) is 65.1 Å². The Morgan fingerprint density at radius 2 is 1.59 bits per heavy atom. The van der Waals surface area contributed by atoms with Crippen LogP contribution < -0.4 is 14.2 Å². The Kier molecular flexibility index (Phi) is 6.16. The van der Waals surface area contributed by atoms with Gasteiger partial charge in [0.2, 0.25) is 0 Å². The summed E-state index contributed by atoms with van der Waals surface area (Å²) < 4.78 is 30.1. The lowest BCUT2D eigenvalue weighted by Gasteiger charge is -2.26. The van der Waals surface area contributed by atoms with E-state index in [9.17, 15) is 14.0 Å². The number of benzene rings is 3. The number of carbonyl (C=O) groups excluding carboxylic acids is 2. The molecule has 0 unspecified atom stereocenters. The molecule has 2 aliphatic rings. The molecule has 0 aliphatic carbocycles. The number of nitrogens with zero attached hydrogens (tertiary/aromatic N) is 1. The van der Waals surface area contributed by atoms with Crippen LogP contribution >= 0.6 is 0 Å². The van der Waals surface area contributed by atoms with E-state index in [1.165, 1.54) is 24.3 Å². The molecule has 34 heavy (non-hydrogen) atoms. The molecule has 0 bridgehead atoms. The first-order valence-electron chi connectivity index (χ1n) is 11.3. The van der Waals surface area contributed by atoms with Crippen molar-refractivity contribution in [2.45, 2.75) is 18.9 Å². The van der Waals surface area contributed by atoms with Gasteiger partial charge in [0.15, 0.2) is 23.9 Å². The first-order chi connectivity index (χ1) is 16.6. The van der Waals surface area contributed by atoms with Crippen LogP contribution in [0, 0.1) is 5.82 Å². The van der Waals surface area contributed by atoms with Crippen LogP contribution in [0.5, 0.6) is 17.2 Å². The molecule has 2 aliphatic heterocycles. The van der Waals surface area contributed by atoms with Crippen LogP contribution in [0.3, 0.4) is 0 Å². The molecule has 0 saturated carbocycles. The fourth-order valence-electron chi connectivity index (χ4n) is 4.38. The molecule has 2 heterocycles. The van der Waals surface area contributed by atoms with Crippen LogP contribution in [-0.4, -0.2) is 43.0 Å². The Hall–Kier alpha value is -3.87. The van der Waals surface area contributed by atoms with Gasteiger partial charge in [-0.1, -0.05) is 6.07 Å². The van der Waals surface area contributed by atoms with Crippen molar-refractivity contribution in [3.05, 3.63) is 89.2 Å². The smallest absolute Gasteiger partial charge is 0.261 e. The molecule has 7 heteroatoms. The Morgan fingerprint density at radius 1 is 0.912 bits per heavy atom. The van der Waals surface area contributed by atoms with E-state index in [1.54, 1.807) is 24.3 Å². The molecule has 0 N–H and O–H groups in total. The van der Waals surface area contributed by atoms with E-state index in [0.29, 0.717) is 36.6 Å². The Bertz CT molecular complexity index is 1190. The number of likely N-dealkylation sites (tertiary alicyclic amines) is 1. The summed E-state index contributed by atoms with van der Waals surface area (Å²) in [5.74, 6) is 1.26. The number of hydrogen-bond acceptors (Lipinski definition) is 5. The van der Waals surface area contributed by atoms with E-state index in [2.05, 4.69) is 0 Å². The summed E-state index contributed by atoms with van der Waals surface area (Å²) in [6.45, 7) is 1.64. The summed E-state index contributed by atoms with van der Waals surface area (Å²) in [6, 6.07) is 17.8. The van der Waals surface area contributed by atoms with E-state index >= 15 is 0 Å². The third-order valence-corrected chi connectivity index (χ3v) is 6.11. The van der Waals surface area contributed by atoms with Crippen molar-refractivity contribution >= 4 is 11.7 Å². The second-order valence-corrected chi connectivity index (χ2v) is 8.30. The van der Waals surface area contributed by atoms with Crippen molar-refractivity contribution in [3.8, 4) is 17.2 Å². The van der Waals surface area contributed by atoms with Crippen molar-refractivity contribution in [1.29, 1.82) is 0 Å². The van der Waals surface area contributed by atoms with E-state index in [1.807, 2.05) is 23.1 Å². The summed E-state index contributed by atoms with van der Waals surface area (Å²) in [5.41, 5.74) is 1.90. The number of rotatable bonds is 6. The van der Waals surface area contributed by atoms with Crippen LogP contribution in [-0.2, 0) is 4.79 Å². The zero-order valence-electron chi connectivity index (χ0n) is 18.5. The second-order valence-electron chi connectivity index (χ2n) is 8.30. The molecule has 0 spiro atoms. The molecule has 1 amide bonds. The van der Waals surface area contributed by atoms with Gasteiger partial charge in [0.05, 0.1) is 6.04 Å². The highest BCUT2D eigenvalue weighted by atomic mass is 19.1. The first kappa shape index (κ1) is 21.9. The van der Waals surface area contributed by atoms with Crippen LogP contribution in [0.2, 0.25) is 0 Å². The average molecular weight is 461 g/mol. The third-order valence-electron chi connectivity index (χ3n) is 6.11. The molecule has 3 aromatic carbocycles. The molecular weight excluding hydrogens is 437 g/mol. The minimum atomic E-state index is -0.390. The van der Waals surface area contributed by atoms with Gasteiger partial charge in [-0.3, -0.25) is 9.59 Å². The van der Waals surface area contributed by atoms with E-state index < -0.39 is 0 Å². The van der Waals surface area contributed by atoms with Crippen molar-refractivity contribution in [2.75, 3.05) is 26.4 Å². The second kappa shape index (κ2) is 9.55. The van der Waals surface area contributed by atoms with Gasteiger partial charge in [-0.25, -0.2) is 4.39 Å². The average Bonchev–Trinajstić information content (AvgIpc) is 3.37. The SMILES string of the molecule is O=C(c1ccc(F)cc1)c1ccc(OCC(=O)N2CCC[C@H]2c2ccc3c(c2)OCCO3)cc1. The van der Waals surface area contributed by atoms with Crippen LogP contribution in [0.25, 0.3) is 0 Å². The molecule has 1 atom stereocenters. The standard InChI is InChI=1S/C27H24FNO5/c28-21-8-3-18(4-9-21)27(31)19-5-10-22(11-6-19)34-17-26(30)29-13-1-2-23(29)20-7-12-24-25(16-20)33-15-14-32-24/h3-12,16,23H,1-2,13-15,17H2/t23-/m0/s1. The van der Waals surface area contributed by atoms with Gasteiger partial charge in [0.1, 0.15) is 24.8 Å². The lowest BCUT2D eigenvalue weighted by molar-refractivity contribution is -0.134. The molecule has 0 aromatic heterocycles. The Balaban J connectivity index is 1.21. The summed E-state index contributed by atoms with van der Waals surface area (Å²) in [4.78, 5) is 27.3. The van der Waals surface area contributed by atoms with Gasteiger partial charge in [0, 0.05) is 17.7 Å². The third kappa shape index (κ3) is 4.59. The predicted octanol–water partition coefficient (Wildman–Crippen LogP) is 4.57. The van der Waals surface area contributed by atoms with Crippen LogP contribution in [0.4, 0.5) is 4.39 Å². The maximum absolute atomic E-state index is 13.1. The van der Waals surface area contributed by atoms with E-state index in [-0.39, 0.29) is 30.2 Å². The maximum atomic E-state index is 13.1. The summed E-state index contributed by atoms with van der Waals surface area (Å²) >= 11 is 0. The molecule has 6 nitrogen and oxygen atoms in total. The Morgan fingerprint density at radius 3 is 2.32 bits per heavy atom. The fraction of sp³-hybridized carbons (Fsp3) is 0.259. The van der Waals surface area contributed by atoms with Gasteiger partial charge in [-0.2, -0.15) is 0 Å². The zero-order chi connectivity index (χ0) is 23.5. The molecule has 1 fully saturated rings. The van der Waals surface area contributed by atoms with E-state index in [4.69, 9.17) is 14.2 Å². The molecular formula is C27H24FNO5. The first-order valence-corrected chi connectivity index (χ1v) is 11.3. The quantitative estimate of drug-likeness (QED) is 0.503. The van der Waals surface area contributed by atoms with Crippen molar-refractivity contribution in [1.82, 2.24) is 4.90 Å². The number of ketones is 1. The van der Waals surface area contributed by atoms with Gasteiger partial charge >= 0.3 is 0 Å². The maximum Gasteiger partial charge on any atom is 0.261 e. The number of carbonyl (C=O) groups is 2. The van der Waals surface area contributed by atoms with Crippen LogP contribution in [0.1, 0.15) is 40.4 Å². The fourth-order valence-corrected chi connectivity index (χ4v) is 4.38. The minimum Gasteiger partial charge on any atom is -0.486 e. The lowest BCUT2D eigenvalue weighted by atomic mass is 10.0. The summed E-state index contributed by atoms with van der Waals surface area (Å²) in [6.07, 6.45) is 1.80. The highest BCUT2D eigenvalue weighted by Crippen LogP contribution is 2.38. The van der Waals surface area contributed by atoms with Crippen molar-refractivity contribution in [3.63, 3.8) is 0 Å². The molecule has 0 radical (unpaired) electrons. The van der Waals surface area contributed by atoms with Crippen LogP contribution in [0.15, 0.2) is 66.7 Å². The summed E-state index contributed by atoms with van der Waals surface area (Å²) in [5, 5.41) is 0. The van der Waals surface area contributed by atoms with Gasteiger partial charge in [-0.15, -0.1) is 0 Å². The van der Waals surface area contributed by atoms with Gasteiger partial charge < -0.3 is 19.1 Å². The largest absolute Gasteiger partial charge is 0.486 e. The van der Waals surface area contributed by atoms with Crippen molar-refractivity contribution in [2.24, 2.45) is 0 Å². The minimum absolute atomic E-state index is 0.0253. The number of amides is 1. The number of fused-ring (bicyclic) bond motifs is 1. The zero-order valence-corrected chi connectivity index (χ0v) is 18.5. The lowest BCUT2D eigenvalue weighted by Crippen LogP contribution is -2.34. The molecule has 5 rings (SSSR count). The summed E-state index contributed by atoms with van der Waals surface area (Å²) in [7, 11) is 0. The molecule has 1 saturated heterocycles. The van der Waals surface area contributed by atoms with Gasteiger partial charge in [-0.05, 0) is 79.1 Å². The monoisotopic (exact) mass is 461 g/mol. The van der Waals surface area contributed by atoms with E-state index in [0.717, 1.165) is 29.9 Å². The highest BCUT2D eigenvalue weighted by Gasteiger charge is 2.31. The number of hydrogen-bond donors (Lipinski definition) is 0. The predicted molar refractivity (Wildman–Crippen MR) is 123 cm³/mol. The molecule has 174 valence electrons. The Labute approximate surface area is 196 Å². The number of ether oxygens (including phenoxy) is 3. The normalized spacial score (nSPS) is 16.9.